The largest absolute Gasteiger partial charge is 0.496 e. The summed E-state index contributed by atoms with van der Waals surface area (Å²) in [5.74, 6) is 0.297. The van der Waals surface area contributed by atoms with Crippen LogP contribution in [-0.2, 0) is 5.60 Å². The fourth-order valence-electron chi connectivity index (χ4n) is 2.67. The molecule has 2 aromatic carbocycles. The zero-order valence-electron chi connectivity index (χ0n) is 12.9. The minimum absolute atomic E-state index is 0.359. The summed E-state index contributed by atoms with van der Waals surface area (Å²) in [5.41, 5.74) is 2.01. The molecule has 0 aliphatic carbocycles. The Morgan fingerprint density at radius 1 is 1.19 bits per heavy atom. The van der Waals surface area contributed by atoms with Gasteiger partial charge in [0.1, 0.15) is 17.2 Å². The summed E-state index contributed by atoms with van der Waals surface area (Å²) >= 11 is 0. The van der Waals surface area contributed by atoms with E-state index < -0.39 is 5.60 Å². The highest BCUT2D eigenvalue weighted by Gasteiger charge is 2.33. The van der Waals surface area contributed by atoms with Gasteiger partial charge < -0.3 is 9.84 Å². The van der Waals surface area contributed by atoms with Crippen LogP contribution < -0.4 is 4.74 Å². The zero-order valence-corrected chi connectivity index (χ0v) is 12.9. The van der Waals surface area contributed by atoms with Crippen molar-refractivity contribution in [1.29, 1.82) is 0 Å². The molecule has 2 aromatic rings. The summed E-state index contributed by atoms with van der Waals surface area (Å²) in [4.78, 5) is 0. The van der Waals surface area contributed by atoms with Crippen LogP contribution in [0.1, 0.15) is 35.6 Å². The van der Waals surface area contributed by atoms with E-state index in [9.17, 15) is 9.50 Å². The first-order valence-corrected chi connectivity index (χ1v) is 7.07. The third-order valence-corrected chi connectivity index (χ3v) is 4.14. The first-order chi connectivity index (χ1) is 9.93. The molecular formula is C18H21FO2. The van der Waals surface area contributed by atoms with Gasteiger partial charge in [0.15, 0.2) is 0 Å². The van der Waals surface area contributed by atoms with Gasteiger partial charge in [-0.2, -0.15) is 0 Å². The van der Waals surface area contributed by atoms with E-state index in [1.165, 1.54) is 12.1 Å². The Bertz CT molecular complexity index is 652. The highest BCUT2D eigenvalue weighted by atomic mass is 19.1. The number of aryl methyl sites for hydroxylation is 1. The van der Waals surface area contributed by atoms with E-state index in [1.54, 1.807) is 19.2 Å². The average molecular weight is 288 g/mol. The average Bonchev–Trinajstić information content (AvgIpc) is 2.49. The Morgan fingerprint density at radius 3 is 2.48 bits per heavy atom. The summed E-state index contributed by atoms with van der Waals surface area (Å²) in [7, 11) is 1.59. The van der Waals surface area contributed by atoms with Crippen LogP contribution in [0.15, 0.2) is 36.4 Å². The molecule has 0 saturated heterocycles. The first-order valence-electron chi connectivity index (χ1n) is 7.07. The molecule has 2 nitrogen and oxygen atoms in total. The SMILES string of the molecule is CCC(O)(c1cccc(F)c1)c1ccc(C)c(C)c1OC. The van der Waals surface area contributed by atoms with Crippen molar-refractivity contribution >= 4 is 0 Å². The molecule has 0 heterocycles. The maximum absolute atomic E-state index is 13.5. The molecule has 21 heavy (non-hydrogen) atoms. The third-order valence-electron chi connectivity index (χ3n) is 4.14. The summed E-state index contributed by atoms with van der Waals surface area (Å²) in [5, 5.41) is 11.2. The normalized spacial score (nSPS) is 13.8. The van der Waals surface area contributed by atoms with Gasteiger partial charge >= 0.3 is 0 Å². The van der Waals surface area contributed by atoms with Crippen molar-refractivity contribution in [2.24, 2.45) is 0 Å². The number of ether oxygens (including phenoxy) is 1. The fraction of sp³-hybridized carbons (Fsp3) is 0.333. The molecule has 2 rings (SSSR count). The van der Waals surface area contributed by atoms with Crippen molar-refractivity contribution in [2.75, 3.05) is 7.11 Å². The van der Waals surface area contributed by atoms with E-state index >= 15 is 0 Å². The van der Waals surface area contributed by atoms with E-state index in [-0.39, 0.29) is 5.82 Å². The predicted octanol–water partition coefficient (Wildman–Crippen LogP) is 4.10. The summed E-state index contributed by atoms with van der Waals surface area (Å²) in [6, 6.07) is 9.90. The van der Waals surface area contributed by atoms with Crippen LogP contribution in [0.5, 0.6) is 5.75 Å². The Hall–Kier alpha value is -1.87. The minimum Gasteiger partial charge on any atom is -0.496 e. The molecule has 0 aromatic heterocycles. The maximum Gasteiger partial charge on any atom is 0.128 e. The Morgan fingerprint density at radius 2 is 1.90 bits per heavy atom. The van der Waals surface area contributed by atoms with E-state index in [4.69, 9.17) is 4.74 Å². The monoisotopic (exact) mass is 288 g/mol. The molecule has 1 unspecified atom stereocenters. The molecule has 0 bridgehead atoms. The van der Waals surface area contributed by atoms with Crippen molar-refractivity contribution in [3.05, 3.63) is 64.5 Å². The molecule has 112 valence electrons. The third kappa shape index (κ3) is 2.66. The summed E-state index contributed by atoms with van der Waals surface area (Å²) < 4.78 is 19.0. The van der Waals surface area contributed by atoms with Crippen LogP contribution >= 0.6 is 0 Å². The Balaban J connectivity index is 2.69. The predicted molar refractivity (Wildman–Crippen MR) is 82.2 cm³/mol. The number of halogens is 1. The lowest BCUT2D eigenvalue weighted by Crippen LogP contribution is -2.27. The van der Waals surface area contributed by atoms with Gasteiger partial charge in [-0.25, -0.2) is 4.39 Å². The van der Waals surface area contributed by atoms with Crippen LogP contribution in [0.2, 0.25) is 0 Å². The van der Waals surface area contributed by atoms with Crippen molar-refractivity contribution in [1.82, 2.24) is 0 Å². The van der Waals surface area contributed by atoms with E-state index in [2.05, 4.69) is 0 Å². The standard InChI is InChI=1S/C18H21FO2/c1-5-18(20,14-7-6-8-15(19)11-14)16-10-9-12(2)13(3)17(16)21-4/h6-11,20H,5H2,1-4H3. The quantitative estimate of drug-likeness (QED) is 0.918. The van der Waals surface area contributed by atoms with Gasteiger partial charge in [-0.3, -0.25) is 0 Å². The minimum atomic E-state index is -1.27. The molecule has 1 N–H and O–H groups in total. The van der Waals surface area contributed by atoms with Crippen LogP contribution in [-0.4, -0.2) is 12.2 Å². The van der Waals surface area contributed by atoms with E-state index in [1.807, 2.05) is 32.9 Å². The molecular weight excluding hydrogens is 267 g/mol. The molecule has 0 radical (unpaired) electrons. The molecule has 0 fully saturated rings. The van der Waals surface area contributed by atoms with Crippen molar-refractivity contribution in [3.63, 3.8) is 0 Å². The number of hydrogen-bond acceptors (Lipinski definition) is 2. The second kappa shape index (κ2) is 5.86. The van der Waals surface area contributed by atoms with Crippen LogP contribution in [0.25, 0.3) is 0 Å². The van der Waals surface area contributed by atoms with E-state index in [0.717, 1.165) is 11.1 Å². The molecule has 0 aliphatic rings. The van der Waals surface area contributed by atoms with E-state index in [0.29, 0.717) is 23.3 Å². The lowest BCUT2D eigenvalue weighted by Gasteiger charge is -2.30. The number of aliphatic hydroxyl groups is 1. The van der Waals surface area contributed by atoms with Gasteiger partial charge in [-0.05, 0) is 49.1 Å². The van der Waals surface area contributed by atoms with Gasteiger partial charge in [0.05, 0.1) is 7.11 Å². The highest BCUT2D eigenvalue weighted by molar-refractivity contribution is 5.51. The number of hydrogen-bond donors (Lipinski definition) is 1. The Kier molecular flexibility index (Phi) is 4.33. The summed E-state index contributed by atoms with van der Waals surface area (Å²) in [6.45, 7) is 5.83. The number of benzene rings is 2. The fourth-order valence-corrected chi connectivity index (χ4v) is 2.67. The molecule has 0 spiro atoms. The zero-order chi connectivity index (χ0) is 15.6. The van der Waals surface area contributed by atoms with Crippen LogP contribution in [0.3, 0.4) is 0 Å². The van der Waals surface area contributed by atoms with Gasteiger partial charge in [0, 0.05) is 5.56 Å². The molecule has 1 atom stereocenters. The van der Waals surface area contributed by atoms with Crippen LogP contribution in [0.4, 0.5) is 4.39 Å². The van der Waals surface area contributed by atoms with Gasteiger partial charge in [0.2, 0.25) is 0 Å². The molecule has 0 saturated carbocycles. The highest BCUT2D eigenvalue weighted by Crippen LogP contribution is 2.40. The van der Waals surface area contributed by atoms with Crippen molar-refractivity contribution in [2.45, 2.75) is 32.8 Å². The second-order valence-corrected chi connectivity index (χ2v) is 5.31. The van der Waals surface area contributed by atoms with Gasteiger partial charge in [-0.1, -0.05) is 31.2 Å². The van der Waals surface area contributed by atoms with Crippen molar-refractivity contribution in [3.8, 4) is 5.75 Å². The summed E-state index contributed by atoms with van der Waals surface area (Å²) in [6.07, 6.45) is 0.426. The Labute approximate surface area is 125 Å². The van der Waals surface area contributed by atoms with Gasteiger partial charge in [-0.15, -0.1) is 0 Å². The number of methoxy groups -OCH3 is 1. The number of rotatable bonds is 4. The molecule has 3 heteroatoms. The molecule has 0 amide bonds. The smallest absolute Gasteiger partial charge is 0.128 e. The lowest BCUT2D eigenvalue weighted by molar-refractivity contribution is 0.0732. The topological polar surface area (TPSA) is 29.5 Å². The maximum atomic E-state index is 13.5. The van der Waals surface area contributed by atoms with Crippen LogP contribution in [0, 0.1) is 19.7 Å². The second-order valence-electron chi connectivity index (χ2n) is 5.31. The van der Waals surface area contributed by atoms with Gasteiger partial charge in [0.25, 0.3) is 0 Å². The van der Waals surface area contributed by atoms with Crippen molar-refractivity contribution < 1.29 is 14.2 Å². The molecule has 0 aliphatic heterocycles. The first kappa shape index (κ1) is 15.5. The lowest BCUT2D eigenvalue weighted by atomic mass is 9.82.